The summed E-state index contributed by atoms with van der Waals surface area (Å²) < 4.78 is 13.3. The van der Waals surface area contributed by atoms with Crippen molar-refractivity contribution in [3.63, 3.8) is 0 Å². The van der Waals surface area contributed by atoms with Gasteiger partial charge >= 0.3 is 0 Å². The fourth-order valence-corrected chi connectivity index (χ4v) is 3.44. The summed E-state index contributed by atoms with van der Waals surface area (Å²) in [5.74, 6) is -0.0863. The smallest absolute Gasteiger partial charge is 0.276 e. The molecule has 0 saturated carbocycles. The number of carbonyl (C=O) groups is 1. The molecular formula is C19H20N2O4. The zero-order valence-corrected chi connectivity index (χ0v) is 14.1. The van der Waals surface area contributed by atoms with Crippen LogP contribution in [0.25, 0.3) is 0 Å². The molecule has 1 aromatic carbocycles. The number of rotatable bonds is 3. The van der Waals surface area contributed by atoms with Gasteiger partial charge in [0.15, 0.2) is 17.7 Å². The monoisotopic (exact) mass is 340 g/mol. The van der Waals surface area contributed by atoms with Crippen LogP contribution in [0.3, 0.4) is 0 Å². The molecule has 6 heteroatoms. The molecule has 6 nitrogen and oxygen atoms in total. The van der Waals surface area contributed by atoms with Gasteiger partial charge in [-0.2, -0.15) is 0 Å². The number of benzene rings is 1. The van der Waals surface area contributed by atoms with E-state index in [0.717, 1.165) is 12.0 Å². The van der Waals surface area contributed by atoms with E-state index in [2.05, 4.69) is 0 Å². The van der Waals surface area contributed by atoms with Gasteiger partial charge < -0.3 is 18.9 Å². The van der Waals surface area contributed by atoms with Crippen LogP contribution in [0.2, 0.25) is 0 Å². The summed E-state index contributed by atoms with van der Waals surface area (Å²) >= 11 is 0. The van der Waals surface area contributed by atoms with Crippen molar-refractivity contribution in [1.29, 1.82) is 0 Å². The first-order valence-electron chi connectivity index (χ1n) is 8.49. The first-order chi connectivity index (χ1) is 12.1. The molecule has 2 aromatic rings. The molecule has 0 aliphatic carbocycles. The lowest BCUT2D eigenvalue weighted by Crippen LogP contribution is -2.56. The minimum absolute atomic E-state index is 0.0808. The molecule has 25 heavy (non-hydrogen) atoms. The van der Waals surface area contributed by atoms with Crippen LogP contribution in [0.4, 0.5) is 0 Å². The van der Waals surface area contributed by atoms with Crippen molar-refractivity contribution in [2.24, 2.45) is 0 Å². The third kappa shape index (κ3) is 2.82. The van der Waals surface area contributed by atoms with E-state index in [-0.39, 0.29) is 36.0 Å². The summed E-state index contributed by atoms with van der Waals surface area (Å²) in [6, 6.07) is 11.1. The number of ether oxygens (including phenoxy) is 2. The largest absolute Gasteiger partial charge is 0.483 e. The van der Waals surface area contributed by atoms with Crippen molar-refractivity contribution in [2.45, 2.75) is 38.8 Å². The number of carbonyl (C=O) groups excluding carboxylic acids is 1. The summed E-state index contributed by atoms with van der Waals surface area (Å²) in [5.41, 5.74) is 0.983. The van der Waals surface area contributed by atoms with Gasteiger partial charge in [-0.3, -0.25) is 9.59 Å². The number of hydrogen-bond donors (Lipinski definition) is 0. The molecule has 0 N–H and O–H groups in total. The standard InChI is InChI=1S/C19H20N2O4/c1-13-8-10-24-16-11-20-9-7-15(22)18(17(20)19(23)21(13)16)25-12-14-5-3-2-4-6-14/h2-7,9,13,16H,8,10-12H2,1H3/t13-,16?/m1/s1. The summed E-state index contributed by atoms with van der Waals surface area (Å²) in [6.07, 6.45) is 2.15. The van der Waals surface area contributed by atoms with E-state index in [4.69, 9.17) is 9.47 Å². The summed E-state index contributed by atoms with van der Waals surface area (Å²) in [4.78, 5) is 27.1. The molecule has 130 valence electrons. The molecule has 2 aliphatic heterocycles. The van der Waals surface area contributed by atoms with Gasteiger partial charge in [0, 0.05) is 18.3 Å². The maximum Gasteiger partial charge on any atom is 0.276 e. The molecule has 0 spiro atoms. The van der Waals surface area contributed by atoms with Gasteiger partial charge in [0.05, 0.1) is 13.2 Å². The lowest BCUT2D eigenvalue weighted by atomic mass is 10.1. The van der Waals surface area contributed by atoms with Crippen LogP contribution < -0.4 is 10.2 Å². The first-order valence-corrected chi connectivity index (χ1v) is 8.49. The molecule has 1 fully saturated rings. The Morgan fingerprint density at radius 2 is 2.00 bits per heavy atom. The van der Waals surface area contributed by atoms with E-state index in [1.807, 2.05) is 37.3 Å². The SMILES string of the molecule is C[C@@H]1CCOC2Cn3ccc(=O)c(OCc4ccccc4)c3C(=O)N21. The van der Waals surface area contributed by atoms with Crippen molar-refractivity contribution in [3.05, 3.63) is 64.1 Å². The average Bonchev–Trinajstić information content (AvgIpc) is 2.62. The zero-order chi connectivity index (χ0) is 17.4. The second kappa shape index (κ2) is 6.37. The first kappa shape index (κ1) is 15.9. The van der Waals surface area contributed by atoms with E-state index < -0.39 is 0 Å². The Morgan fingerprint density at radius 3 is 2.80 bits per heavy atom. The third-order valence-corrected chi connectivity index (χ3v) is 4.78. The molecule has 2 atom stereocenters. The molecule has 0 bridgehead atoms. The van der Waals surface area contributed by atoms with Crippen LogP contribution in [0.5, 0.6) is 5.75 Å². The number of fused-ring (bicyclic) bond motifs is 2. The molecule has 1 unspecified atom stereocenters. The highest BCUT2D eigenvalue weighted by atomic mass is 16.5. The molecule has 1 aromatic heterocycles. The van der Waals surface area contributed by atoms with Crippen LogP contribution >= 0.6 is 0 Å². The maximum absolute atomic E-state index is 13.1. The number of pyridine rings is 1. The minimum Gasteiger partial charge on any atom is -0.483 e. The van der Waals surface area contributed by atoms with Crippen LogP contribution in [0.15, 0.2) is 47.4 Å². The lowest BCUT2D eigenvalue weighted by molar-refractivity contribution is -0.112. The van der Waals surface area contributed by atoms with Gasteiger partial charge in [0.2, 0.25) is 5.43 Å². The third-order valence-electron chi connectivity index (χ3n) is 4.78. The molecule has 3 heterocycles. The quantitative estimate of drug-likeness (QED) is 0.858. The predicted octanol–water partition coefficient (Wildman–Crippen LogP) is 2.02. The van der Waals surface area contributed by atoms with Crippen molar-refractivity contribution in [1.82, 2.24) is 9.47 Å². The summed E-state index contributed by atoms with van der Waals surface area (Å²) in [7, 11) is 0. The Balaban J connectivity index is 1.70. The molecule has 2 aliphatic rings. The molecular weight excluding hydrogens is 320 g/mol. The molecule has 4 rings (SSSR count). The van der Waals surface area contributed by atoms with E-state index >= 15 is 0 Å². The van der Waals surface area contributed by atoms with E-state index in [9.17, 15) is 9.59 Å². The minimum atomic E-state index is -0.284. The lowest BCUT2D eigenvalue weighted by Gasteiger charge is -2.44. The van der Waals surface area contributed by atoms with Gasteiger partial charge in [-0.05, 0) is 18.9 Å². The van der Waals surface area contributed by atoms with Crippen LogP contribution in [0, 0.1) is 0 Å². The summed E-state index contributed by atoms with van der Waals surface area (Å²) in [5, 5.41) is 0. The van der Waals surface area contributed by atoms with Crippen molar-refractivity contribution < 1.29 is 14.3 Å². The Kier molecular flexibility index (Phi) is 4.05. The van der Waals surface area contributed by atoms with Gasteiger partial charge in [0.25, 0.3) is 5.91 Å². The maximum atomic E-state index is 13.1. The second-order valence-electron chi connectivity index (χ2n) is 6.46. The highest BCUT2D eigenvalue weighted by Gasteiger charge is 2.40. The highest BCUT2D eigenvalue weighted by Crippen LogP contribution is 2.29. The molecule has 1 saturated heterocycles. The van der Waals surface area contributed by atoms with Gasteiger partial charge in [-0.25, -0.2) is 0 Å². The normalized spacial score (nSPS) is 22.3. The summed E-state index contributed by atoms with van der Waals surface area (Å²) in [6.45, 7) is 3.40. The van der Waals surface area contributed by atoms with Gasteiger partial charge in [-0.15, -0.1) is 0 Å². The highest BCUT2D eigenvalue weighted by molar-refractivity contribution is 5.96. The molecule has 0 radical (unpaired) electrons. The van der Waals surface area contributed by atoms with Crippen LogP contribution in [-0.2, 0) is 17.9 Å². The van der Waals surface area contributed by atoms with Crippen molar-refractivity contribution >= 4 is 5.91 Å². The fourth-order valence-electron chi connectivity index (χ4n) is 3.44. The Bertz CT molecular complexity index is 846. The number of amides is 1. The number of nitrogens with zero attached hydrogens (tertiary/aromatic N) is 2. The molecule has 1 amide bonds. The predicted molar refractivity (Wildman–Crippen MR) is 91.5 cm³/mol. The van der Waals surface area contributed by atoms with E-state index in [1.54, 1.807) is 15.7 Å². The van der Waals surface area contributed by atoms with Crippen molar-refractivity contribution in [2.75, 3.05) is 6.61 Å². The number of hydrogen-bond acceptors (Lipinski definition) is 4. The topological polar surface area (TPSA) is 60.8 Å². The van der Waals surface area contributed by atoms with Gasteiger partial charge in [0.1, 0.15) is 6.61 Å². The van der Waals surface area contributed by atoms with Gasteiger partial charge in [-0.1, -0.05) is 30.3 Å². The Labute approximate surface area is 145 Å². The van der Waals surface area contributed by atoms with Crippen LogP contribution in [-0.4, -0.2) is 34.3 Å². The van der Waals surface area contributed by atoms with Crippen LogP contribution in [0.1, 0.15) is 29.4 Å². The second-order valence-corrected chi connectivity index (χ2v) is 6.46. The number of aromatic nitrogens is 1. The van der Waals surface area contributed by atoms with E-state index in [0.29, 0.717) is 18.8 Å². The zero-order valence-electron chi connectivity index (χ0n) is 14.1. The average molecular weight is 340 g/mol. The Morgan fingerprint density at radius 1 is 1.20 bits per heavy atom. The fraction of sp³-hybridized carbons (Fsp3) is 0.368. The Hall–Kier alpha value is -2.60. The van der Waals surface area contributed by atoms with Crippen molar-refractivity contribution in [3.8, 4) is 5.75 Å². The van der Waals surface area contributed by atoms with E-state index in [1.165, 1.54) is 6.07 Å².